The first-order valence-corrected chi connectivity index (χ1v) is 5.82. The van der Waals surface area contributed by atoms with Gasteiger partial charge in [-0.1, -0.05) is 17.7 Å². The van der Waals surface area contributed by atoms with Crippen molar-refractivity contribution in [3.63, 3.8) is 0 Å². The second kappa shape index (κ2) is 4.76. The van der Waals surface area contributed by atoms with Crippen LogP contribution in [0, 0.1) is 20.8 Å². The first kappa shape index (κ1) is 11.9. The average molecular weight is 248 g/mol. The molecular weight excluding hydrogens is 234 g/mol. The minimum Gasteiger partial charge on any atom is -0.439 e. The molecule has 0 fully saturated rings. The predicted octanol–water partition coefficient (Wildman–Crippen LogP) is 4.45. The largest absolute Gasteiger partial charge is 0.439 e. The topological polar surface area (TPSA) is 22.1 Å². The van der Waals surface area contributed by atoms with Gasteiger partial charge in [0.15, 0.2) is 0 Å². The maximum absolute atomic E-state index is 6.11. The molecule has 0 spiro atoms. The van der Waals surface area contributed by atoms with Gasteiger partial charge in [-0.2, -0.15) is 0 Å². The molecule has 0 N–H and O–H groups in total. The number of aryl methyl sites for hydroxylation is 3. The highest BCUT2D eigenvalue weighted by atomic mass is 35.5. The molecule has 0 unspecified atom stereocenters. The van der Waals surface area contributed by atoms with Crippen molar-refractivity contribution in [2.75, 3.05) is 0 Å². The van der Waals surface area contributed by atoms with Crippen LogP contribution in [-0.4, -0.2) is 4.98 Å². The Bertz CT molecular complexity index is 529. The lowest BCUT2D eigenvalue weighted by Crippen LogP contribution is -1.92. The maximum atomic E-state index is 6.11. The predicted molar refractivity (Wildman–Crippen MR) is 70.0 cm³/mol. The lowest BCUT2D eigenvalue weighted by molar-refractivity contribution is 0.458. The van der Waals surface area contributed by atoms with Crippen LogP contribution in [0.5, 0.6) is 11.6 Å². The Labute approximate surface area is 106 Å². The van der Waals surface area contributed by atoms with Crippen molar-refractivity contribution < 1.29 is 4.74 Å². The van der Waals surface area contributed by atoms with E-state index in [0.717, 1.165) is 27.5 Å². The summed E-state index contributed by atoms with van der Waals surface area (Å²) in [7, 11) is 0. The molecule has 0 radical (unpaired) electrons. The van der Waals surface area contributed by atoms with Crippen molar-refractivity contribution in [3.05, 3.63) is 52.2 Å². The van der Waals surface area contributed by atoms with Crippen molar-refractivity contribution in [1.82, 2.24) is 4.98 Å². The Morgan fingerprint density at radius 3 is 2.29 bits per heavy atom. The van der Waals surface area contributed by atoms with Crippen LogP contribution in [0.3, 0.4) is 0 Å². The zero-order valence-corrected chi connectivity index (χ0v) is 10.9. The summed E-state index contributed by atoms with van der Waals surface area (Å²) in [6.45, 7) is 5.90. The molecule has 2 nitrogen and oxygen atoms in total. The van der Waals surface area contributed by atoms with E-state index in [1.165, 1.54) is 0 Å². The number of halogens is 1. The molecule has 88 valence electrons. The Hall–Kier alpha value is -1.54. The standard InChI is InChI=1S/C14H14ClNO/c1-9-5-4-6-16-14(9)17-12-7-10(2)13(15)11(3)8-12/h4-8H,1-3H3. The van der Waals surface area contributed by atoms with Crippen LogP contribution in [0.1, 0.15) is 16.7 Å². The third kappa shape index (κ3) is 2.59. The molecule has 0 bridgehead atoms. The Kier molecular flexibility index (Phi) is 3.34. The zero-order chi connectivity index (χ0) is 12.4. The van der Waals surface area contributed by atoms with Gasteiger partial charge in [0, 0.05) is 16.8 Å². The number of hydrogen-bond acceptors (Lipinski definition) is 2. The van der Waals surface area contributed by atoms with E-state index in [9.17, 15) is 0 Å². The highest BCUT2D eigenvalue weighted by Gasteiger charge is 2.06. The van der Waals surface area contributed by atoms with Crippen molar-refractivity contribution >= 4 is 11.6 Å². The Morgan fingerprint density at radius 2 is 1.71 bits per heavy atom. The van der Waals surface area contributed by atoms with Crippen LogP contribution >= 0.6 is 11.6 Å². The van der Waals surface area contributed by atoms with E-state index in [0.29, 0.717) is 5.88 Å². The number of rotatable bonds is 2. The quantitative estimate of drug-likeness (QED) is 0.782. The second-order valence-corrected chi connectivity index (χ2v) is 4.48. The molecule has 2 rings (SSSR count). The van der Waals surface area contributed by atoms with Crippen molar-refractivity contribution in [2.45, 2.75) is 20.8 Å². The van der Waals surface area contributed by atoms with Crippen LogP contribution in [0.4, 0.5) is 0 Å². The second-order valence-electron chi connectivity index (χ2n) is 4.10. The molecule has 17 heavy (non-hydrogen) atoms. The lowest BCUT2D eigenvalue weighted by atomic mass is 10.1. The van der Waals surface area contributed by atoms with Gasteiger partial charge in [-0.05, 0) is 50.1 Å². The van der Waals surface area contributed by atoms with Crippen molar-refractivity contribution in [3.8, 4) is 11.6 Å². The molecule has 0 aliphatic carbocycles. The maximum Gasteiger partial charge on any atom is 0.222 e. The van der Waals surface area contributed by atoms with Gasteiger partial charge in [-0.25, -0.2) is 4.98 Å². The Balaban J connectivity index is 2.34. The zero-order valence-electron chi connectivity index (χ0n) is 10.1. The highest BCUT2D eigenvalue weighted by molar-refractivity contribution is 6.32. The molecule has 3 heteroatoms. The normalized spacial score (nSPS) is 10.4. The fourth-order valence-electron chi connectivity index (χ4n) is 1.65. The van der Waals surface area contributed by atoms with Gasteiger partial charge < -0.3 is 4.74 Å². The number of aromatic nitrogens is 1. The number of hydrogen-bond donors (Lipinski definition) is 0. The SMILES string of the molecule is Cc1cccnc1Oc1cc(C)c(Cl)c(C)c1. The average Bonchev–Trinajstić information content (AvgIpc) is 2.29. The molecule has 1 aromatic heterocycles. The first-order valence-electron chi connectivity index (χ1n) is 5.44. The van der Waals surface area contributed by atoms with Crippen LogP contribution in [-0.2, 0) is 0 Å². The summed E-state index contributed by atoms with van der Waals surface area (Å²) in [6.07, 6.45) is 1.72. The summed E-state index contributed by atoms with van der Waals surface area (Å²) < 4.78 is 5.76. The van der Waals surface area contributed by atoms with E-state index in [4.69, 9.17) is 16.3 Å². The molecule has 2 aromatic rings. The molecule has 0 atom stereocenters. The van der Waals surface area contributed by atoms with Gasteiger partial charge >= 0.3 is 0 Å². The highest BCUT2D eigenvalue weighted by Crippen LogP contribution is 2.29. The van der Waals surface area contributed by atoms with Gasteiger partial charge in [0.05, 0.1) is 0 Å². The van der Waals surface area contributed by atoms with E-state index in [1.54, 1.807) is 6.20 Å². The van der Waals surface area contributed by atoms with Crippen LogP contribution < -0.4 is 4.74 Å². The van der Waals surface area contributed by atoms with Gasteiger partial charge in [0.1, 0.15) is 5.75 Å². The molecule has 1 heterocycles. The van der Waals surface area contributed by atoms with Crippen LogP contribution in [0.15, 0.2) is 30.5 Å². The van der Waals surface area contributed by atoms with Crippen molar-refractivity contribution in [2.24, 2.45) is 0 Å². The fourth-order valence-corrected chi connectivity index (χ4v) is 1.76. The molecule has 0 aliphatic heterocycles. The minimum absolute atomic E-state index is 0.633. The Morgan fingerprint density at radius 1 is 1.06 bits per heavy atom. The third-order valence-electron chi connectivity index (χ3n) is 2.59. The summed E-state index contributed by atoms with van der Waals surface area (Å²) in [6, 6.07) is 7.70. The van der Waals surface area contributed by atoms with E-state index in [2.05, 4.69) is 4.98 Å². The minimum atomic E-state index is 0.633. The van der Waals surface area contributed by atoms with E-state index >= 15 is 0 Å². The van der Waals surface area contributed by atoms with E-state index < -0.39 is 0 Å². The fraction of sp³-hybridized carbons (Fsp3) is 0.214. The van der Waals surface area contributed by atoms with Crippen molar-refractivity contribution in [1.29, 1.82) is 0 Å². The summed E-state index contributed by atoms with van der Waals surface area (Å²) in [5.74, 6) is 1.40. The summed E-state index contributed by atoms with van der Waals surface area (Å²) in [4.78, 5) is 4.20. The molecule has 0 amide bonds. The first-order chi connectivity index (χ1) is 8.08. The summed E-state index contributed by atoms with van der Waals surface area (Å²) in [5.41, 5.74) is 3.03. The van der Waals surface area contributed by atoms with E-state index in [1.807, 2.05) is 45.0 Å². The smallest absolute Gasteiger partial charge is 0.222 e. The van der Waals surface area contributed by atoms with Gasteiger partial charge in [0.2, 0.25) is 5.88 Å². The summed E-state index contributed by atoms with van der Waals surface area (Å²) >= 11 is 6.11. The number of benzene rings is 1. The molecule has 1 aromatic carbocycles. The molecular formula is C14H14ClNO. The van der Waals surface area contributed by atoms with Gasteiger partial charge in [-0.15, -0.1) is 0 Å². The number of pyridine rings is 1. The molecule has 0 aliphatic rings. The summed E-state index contributed by atoms with van der Waals surface area (Å²) in [5, 5.41) is 0.787. The molecule has 0 saturated carbocycles. The number of nitrogens with zero attached hydrogens (tertiary/aromatic N) is 1. The van der Waals surface area contributed by atoms with Crippen LogP contribution in [0.25, 0.3) is 0 Å². The number of ether oxygens (including phenoxy) is 1. The molecule has 0 saturated heterocycles. The lowest BCUT2D eigenvalue weighted by Gasteiger charge is -2.10. The third-order valence-corrected chi connectivity index (χ3v) is 3.18. The van der Waals surface area contributed by atoms with Gasteiger partial charge in [-0.3, -0.25) is 0 Å². The van der Waals surface area contributed by atoms with Crippen LogP contribution in [0.2, 0.25) is 5.02 Å². The van der Waals surface area contributed by atoms with Gasteiger partial charge in [0.25, 0.3) is 0 Å². The van der Waals surface area contributed by atoms with E-state index in [-0.39, 0.29) is 0 Å². The monoisotopic (exact) mass is 247 g/mol.